The lowest BCUT2D eigenvalue weighted by molar-refractivity contribution is 0.743. The van der Waals surface area contributed by atoms with E-state index in [9.17, 15) is 0 Å². The molecule has 34 heavy (non-hydrogen) atoms. The number of tetrazole rings is 1. The highest BCUT2D eigenvalue weighted by Crippen LogP contribution is 2.33. The third-order valence-electron chi connectivity index (χ3n) is 6.48. The fraction of sp³-hybridized carbons (Fsp3) is 0.346. The second kappa shape index (κ2) is 8.85. The van der Waals surface area contributed by atoms with E-state index in [1.54, 1.807) is 0 Å². The van der Waals surface area contributed by atoms with Gasteiger partial charge in [0.25, 0.3) is 0 Å². The molecule has 1 N–H and O–H groups in total. The Labute approximate surface area is 199 Å². The van der Waals surface area contributed by atoms with Crippen LogP contribution >= 0.6 is 0 Å². The van der Waals surface area contributed by atoms with Gasteiger partial charge in [-0.05, 0) is 61.2 Å². The van der Waals surface area contributed by atoms with Crippen LogP contribution in [0.2, 0.25) is 0 Å². The molecule has 0 saturated carbocycles. The van der Waals surface area contributed by atoms with Gasteiger partial charge in [-0.3, -0.25) is 0 Å². The Morgan fingerprint density at radius 3 is 2.35 bits per heavy atom. The molecule has 174 valence electrons. The SMILES string of the molecule is CCc1cc(C)c2nc(CC)n(Cc3ccc(-c4c(-c5nn[nH]n5)cc(C)n4CC)cc3)c2n1. The summed E-state index contributed by atoms with van der Waals surface area (Å²) in [5.41, 5.74) is 9.90. The van der Waals surface area contributed by atoms with Crippen molar-refractivity contribution < 1.29 is 0 Å². The minimum atomic E-state index is 0.611. The summed E-state index contributed by atoms with van der Waals surface area (Å²) in [5, 5.41) is 14.8. The average molecular weight is 455 g/mol. The van der Waals surface area contributed by atoms with E-state index >= 15 is 0 Å². The van der Waals surface area contributed by atoms with Crippen molar-refractivity contribution in [2.45, 2.75) is 60.5 Å². The number of hydrogen-bond acceptors (Lipinski definition) is 5. The lowest BCUT2D eigenvalue weighted by atomic mass is 10.0. The van der Waals surface area contributed by atoms with Crippen molar-refractivity contribution in [2.24, 2.45) is 0 Å². The van der Waals surface area contributed by atoms with Gasteiger partial charge in [-0.15, -0.1) is 10.2 Å². The molecule has 5 rings (SSSR count). The van der Waals surface area contributed by atoms with Crippen LogP contribution < -0.4 is 0 Å². The molecule has 0 saturated heterocycles. The predicted molar refractivity (Wildman–Crippen MR) is 134 cm³/mol. The summed E-state index contributed by atoms with van der Waals surface area (Å²) >= 11 is 0. The van der Waals surface area contributed by atoms with Crippen LogP contribution in [0.25, 0.3) is 33.8 Å². The van der Waals surface area contributed by atoms with E-state index in [1.165, 1.54) is 16.8 Å². The fourth-order valence-corrected chi connectivity index (χ4v) is 4.76. The van der Waals surface area contributed by atoms with Gasteiger partial charge in [-0.2, -0.15) is 5.21 Å². The maximum absolute atomic E-state index is 4.92. The molecule has 5 aromatic rings. The summed E-state index contributed by atoms with van der Waals surface area (Å²) < 4.78 is 4.55. The Bertz CT molecular complexity index is 1440. The van der Waals surface area contributed by atoms with E-state index in [4.69, 9.17) is 9.97 Å². The molecule has 0 fully saturated rings. The minimum absolute atomic E-state index is 0.611. The molecule has 8 heteroatoms. The van der Waals surface area contributed by atoms with Crippen LogP contribution in [0.3, 0.4) is 0 Å². The van der Waals surface area contributed by atoms with Crippen molar-refractivity contribution in [3.05, 3.63) is 64.7 Å². The first-order valence-corrected chi connectivity index (χ1v) is 11.9. The quantitative estimate of drug-likeness (QED) is 0.378. The van der Waals surface area contributed by atoms with Crippen molar-refractivity contribution in [3.8, 4) is 22.6 Å². The number of aryl methyl sites for hydroxylation is 4. The van der Waals surface area contributed by atoms with E-state index in [1.807, 2.05) is 0 Å². The Kier molecular flexibility index (Phi) is 5.73. The zero-order valence-corrected chi connectivity index (χ0v) is 20.4. The van der Waals surface area contributed by atoms with E-state index in [0.717, 1.165) is 65.4 Å². The molecule has 8 nitrogen and oxygen atoms in total. The zero-order valence-electron chi connectivity index (χ0n) is 20.4. The fourth-order valence-electron chi connectivity index (χ4n) is 4.76. The number of rotatable bonds is 7. The predicted octanol–water partition coefficient (Wildman–Crippen LogP) is 4.89. The number of nitrogens with one attached hydrogen (secondary N) is 1. The van der Waals surface area contributed by atoms with Crippen molar-refractivity contribution in [3.63, 3.8) is 0 Å². The Hall–Kier alpha value is -3.81. The maximum Gasteiger partial charge on any atom is 0.206 e. The topological polar surface area (TPSA) is 90.1 Å². The highest BCUT2D eigenvalue weighted by Gasteiger charge is 2.19. The number of fused-ring (bicyclic) bond motifs is 1. The molecule has 0 aliphatic rings. The number of H-pyrrole nitrogens is 1. The summed E-state index contributed by atoms with van der Waals surface area (Å²) in [6.07, 6.45) is 1.78. The van der Waals surface area contributed by atoms with Gasteiger partial charge in [0.1, 0.15) is 11.3 Å². The molecule has 0 radical (unpaired) electrons. The van der Waals surface area contributed by atoms with Crippen LogP contribution in [-0.4, -0.2) is 39.7 Å². The first kappa shape index (κ1) is 22.0. The molecular weight excluding hydrogens is 424 g/mol. The molecule has 4 aromatic heterocycles. The normalized spacial score (nSPS) is 11.6. The summed E-state index contributed by atoms with van der Waals surface area (Å²) in [6, 6.07) is 13.0. The minimum Gasteiger partial charge on any atom is -0.345 e. The van der Waals surface area contributed by atoms with Gasteiger partial charge in [0.15, 0.2) is 5.65 Å². The van der Waals surface area contributed by atoms with Crippen LogP contribution in [0.5, 0.6) is 0 Å². The molecule has 0 bridgehead atoms. The number of nitrogens with zero attached hydrogens (tertiary/aromatic N) is 7. The molecule has 0 unspecified atom stereocenters. The van der Waals surface area contributed by atoms with E-state index < -0.39 is 0 Å². The largest absolute Gasteiger partial charge is 0.345 e. The number of pyridine rings is 1. The number of hydrogen-bond donors (Lipinski definition) is 1. The Balaban J connectivity index is 1.54. The van der Waals surface area contributed by atoms with Gasteiger partial charge >= 0.3 is 0 Å². The van der Waals surface area contributed by atoms with E-state index in [-0.39, 0.29) is 0 Å². The number of aromatic amines is 1. The van der Waals surface area contributed by atoms with Crippen LogP contribution in [0.15, 0.2) is 36.4 Å². The first-order valence-electron chi connectivity index (χ1n) is 11.9. The van der Waals surface area contributed by atoms with Crippen LogP contribution in [0.4, 0.5) is 0 Å². The molecule has 4 heterocycles. The summed E-state index contributed by atoms with van der Waals surface area (Å²) in [6.45, 7) is 12.3. The molecule has 0 aliphatic carbocycles. The average Bonchev–Trinajstić information content (AvgIpc) is 3.57. The van der Waals surface area contributed by atoms with Crippen molar-refractivity contribution >= 4 is 11.2 Å². The highest BCUT2D eigenvalue weighted by atomic mass is 15.5. The zero-order chi connectivity index (χ0) is 23.8. The molecule has 1 aromatic carbocycles. The van der Waals surface area contributed by atoms with Crippen LogP contribution in [-0.2, 0) is 25.9 Å². The van der Waals surface area contributed by atoms with Gasteiger partial charge in [0.05, 0.1) is 12.2 Å². The van der Waals surface area contributed by atoms with Crippen molar-refractivity contribution in [1.82, 2.24) is 39.7 Å². The molecule has 0 spiro atoms. The smallest absolute Gasteiger partial charge is 0.206 e. The van der Waals surface area contributed by atoms with E-state index in [0.29, 0.717) is 5.82 Å². The van der Waals surface area contributed by atoms with Gasteiger partial charge in [0, 0.05) is 29.9 Å². The second-order valence-corrected chi connectivity index (χ2v) is 8.65. The standard InChI is InChI=1S/C26H30N8/c1-6-20-13-16(4)23-26(27-20)34(22(7-2)28-23)15-18-9-11-19(12-10-18)24-21(25-29-31-32-30-25)14-17(5)33(24)8-3/h9-14H,6-8,15H2,1-5H3,(H,29,30,31,32). The Morgan fingerprint density at radius 2 is 1.71 bits per heavy atom. The number of imidazole rings is 1. The van der Waals surface area contributed by atoms with Gasteiger partial charge in [-0.25, -0.2) is 9.97 Å². The van der Waals surface area contributed by atoms with E-state index in [2.05, 4.69) is 101 Å². The van der Waals surface area contributed by atoms with Crippen molar-refractivity contribution in [1.29, 1.82) is 0 Å². The molecule has 0 amide bonds. The number of aromatic nitrogens is 8. The molecule has 0 atom stereocenters. The lowest BCUT2D eigenvalue weighted by Crippen LogP contribution is -2.06. The summed E-state index contributed by atoms with van der Waals surface area (Å²) in [7, 11) is 0. The molecule has 0 aliphatic heterocycles. The summed E-state index contributed by atoms with van der Waals surface area (Å²) in [4.78, 5) is 9.83. The first-order chi connectivity index (χ1) is 16.5. The van der Waals surface area contributed by atoms with Crippen molar-refractivity contribution in [2.75, 3.05) is 0 Å². The van der Waals surface area contributed by atoms with Crippen LogP contribution in [0.1, 0.15) is 49.1 Å². The van der Waals surface area contributed by atoms with Gasteiger partial charge in [-0.1, -0.05) is 38.1 Å². The highest BCUT2D eigenvalue weighted by molar-refractivity contribution is 5.79. The third kappa shape index (κ3) is 3.69. The Morgan fingerprint density at radius 1 is 0.912 bits per heavy atom. The molecular formula is C26H30N8. The van der Waals surface area contributed by atoms with Gasteiger partial charge < -0.3 is 9.13 Å². The summed E-state index contributed by atoms with van der Waals surface area (Å²) in [5.74, 6) is 1.68. The van der Waals surface area contributed by atoms with Crippen LogP contribution in [0, 0.1) is 13.8 Å². The monoisotopic (exact) mass is 454 g/mol. The second-order valence-electron chi connectivity index (χ2n) is 8.65. The lowest BCUT2D eigenvalue weighted by Gasteiger charge is -2.12. The third-order valence-corrected chi connectivity index (χ3v) is 6.48. The number of benzene rings is 1. The maximum atomic E-state index is 4.92. The van der Waals surface area contributed by atoms with Gasteiger partial charge in [0.2, 0.25) is 5.82 Å².